The Balaban J connectivity index is 2.02. The molecule has 0 saturated carbocycles. The van der Waals surface area contributed by atoms with Crippen molar-refractivity contribution in [1.82, 2.24) is 15.3 Å². The van der Waals surface area contributed by atoms with Crippen LogP contribution in [0.15, 0.2) is 18.2 Å². The molecule has 1 aromatic carbocycles. The van der Waals surface area contributed by atoms with Gasteiger partial charge in [-0.3, -0.25) is 4.79 Å². The van der Waals surface area contributed by atoms with E-state index < -0.39 is 0 Å². The van der Waals surface area contributed by atoms with Crippen molar-refractivity contribution in [3.05, 3.63) is 29.8 Å². The van der Waals surface area contributed by atoms with Crippen molar-refractivity contribution < 1.29 is 9.18 Å². The lowest BCUT2D eigenvalue weighted by Gasteiger charge is -2.00. The number of nitrogens with one attached hydrogen (secondary N) is 2. The van der Waals surface area contributed by atoms with Gasteiger partial charge < -0.3 is 10.3 Å². The molecule has 1 amide bonds. The SMILES string of the molecule is CCC(=O)NCCc1nc2ccc(F)cc2[nH]1. The summed E-state index contributed by atoms with van der Waals surface area (Å²) in [7, 11) is 0. The molecule has 0 saturated heterocycles. The summed E-state index contributed by atoms with van der Waals surface area (Å²) in [6, 6.07) is 4.43. The zero-order chi connectivity index (χ0) is 12.3. The van der Waals surface area contributed by atoms with E-state index in [4.69, 9.17) is 0 Å². The maximum atomic E-state index is 12.9. The van der Waals surface area contributed by atoms with E-state index in [2.05, 4.69) is 15.3 Å². The largest absolute Gasteiger partial charge is 0.356 e. The van der Waals surface area contributed by atoms with Crippen LogP contribution in [0.25, 0.3) is 11.0 Å². The number of H-pyrrole nitrogens is 1. The normalized spacial score (nSPS) is 10.7. The maximum Gasteiger partial charge on any atom is 0.219 e. The molecule has 0 bridgehead atoms. The van der Waals surface area contributed by atoms with Gasteiger partial charge in [-0.25, -0.2) is 9.37 Å². The number of aromatic amines is 1. The summed E-state index contributed by atoms with van der Waals surface area (Å²) >= 11 is 0. The van der Waals surface area contributed by atoms with E-state index in [-0.39, 0.29) is 11.7 Å². The summed E-state index contributed by atoms with van der Waals surface area (Å²) in [5.41, 5.74) is 1.42. The van der Waals surface area contributed by atoms with E-state index >= 15 is 0 Å². The number of aromatic nitrogens is 2. The highest BCUT2D eigenvalue weighted by molar-refractivity contribution is 5.76. The quantitative estimate of drug-likeness (QED) is 0.848. The first-order chi connectivity index (χ1) is 8.19. The Labute approximate surface area is 98.2 Å². The molecule has 0 aliphatic rings. The standard InChI is InChI=1S/C12H14FN3O/c1-2-12(17)14-6-5-11-15-9-4-3-8(13)7-10(9)16-11/h3-4,7H,2,5-6H2,1H3,(H,14,17)(H,15,16). The smallest absolute Gasteiger partial charge is 0.219 e. The molecule has 17 heavy (non-hydrogen) atoms. The molecule has 2 rings (SSSR count). The molecule has 0 radical (unpaired) electrons. The lowest BCUT2D eigenvalue weighted by Crippen LogP contribution is -2.24. The summed E-state index contributed by atoms with van der Waals surface area (Å²) in [6.07, 6.45) is 1.09. The zero-order valence-electron chi connectivity index (χ0n) is 9.59. The summed E-state index contributed by atoms with van der Waals surface area (Å²) in [5.74, 6) is 0.487. The number of rotatable bonds is 4. The van der Waals surface area contributed by atoms with Crippen molar-refractivity contribution in [2.75, 3.05) is 6.54 Å². The molecule has 4 nitrogen and oxygen atoms in total. The van der Waals surface area contributed by atoms with Crippen LogP contribution in [0.4, 0.5) is 4.39 Å². The highest BCUT2D eigenvalue weighted by Gasteiger charge is 2.04. The van der Waals surface area contributed by atoms with Crippen LogP contribution in [0.1, 0.15) is 19.2 Å². The topological polar surface area (TPSA) is 57.8 Å². The Bertz CT molecular complexity index is 536. The van der Waals surface area contributed by atoms with Gasteiger partial charge in [0.2, 0.25) is 5.91 Å². The van der Waals surface area contributed by atoms with Gasteiger partial charge in [-0.2, -0.15) is 0 Å². The van der Waals surface area contributed by atoms with Crippen LogP contribution in [0.3, 0.4) is 0 Å². The number of fused-ring (bicyclic) bond motifs is 1. The number of hydrogen-bond acceptors (Lipinski definition) is 2. The van der Waals surface area contributed by atoms with Crippen molar-refractivity contribution in [2.45, 2.75) is 19.8 Å². The molecule has 0 aliphatic carbocycles. The third-order valence-electron chi connectivity index (χ3n) is 2.50. The average molecular weight is 235 g/mol. The lowest BCUT2D eigenvalue weighted by atomic mass is 10.3. The average Bonchev–Trinajstić information content (AvgIpc) is 2.70. The lowest BCUT2D eigenvalue weighted by molar-refractivity contribution is -0.120. The fraction of sp³-hybridized carbons (Fsp3) is 0.333. The third kappa shape index (κ3) is 2.81. The molecule has 1 aromatic heterocycles. The maximum absolute atomic E-state index is 12.9. The van der Waals surface area contributed by atoms with Crippen LogP contribution >= 0.6 is 0 Å². The molecule has 2 aromatic rings. The Morgan fingerprint density at radius 3 is 3.12 bits per heavy atom. The number of imidazole rings is 1. The number of nitrogens with zero attached hydrogens (tertiary/aromatic N) is 1. The van der Waals surface area contributed by atoms with E-state index in [1.165, 1.54) is 12.1 Å². The predicted octanol–water partition coefficient (Wildman–Crippen LogP) is 1.77. The van der Waals surface area contributed by atoms with Crippen LogP contribution in [0.5, 0.6) is 0 Å². The first-order valence-corrected chi connectivity index (χ1v) is 5.60. The molecule has 2 N–H and O–H groups in total. The van der Waals surface area contributed by atoms with Crippen LogP contribution in [0, 0.1) is 5.82 Å². The van der Waals surface area contributed by atoms with Crippen molar-refractivity contribution in [3.63, 3.8) is 0 Å². The van der Waals surface area contributed by atoms with E-state index in [0.717, 1.165) is 11.3 Å². The molecule has 0 aliphatic heterocycles. The minimum absolute atomic E-state index is 0.0205. The van der Waals surface area contributed by atoms with Gasteiger partial charge in [0.25, 0.3) is 0 Å². The molecule has 0 spiro atoms. The van der Waals surface area contributed by atoms with Crippen molar-refractivity contribution in [3.8, 4) is 0 Å². The van der Waals surface area contributed by atoms with Crippen molar-refractivity contribution in [1.29, 1.82) is 0 Å². The van der Waals surface area contributed by atoms with Gasteiger partial charge >= 0.3 is 0 Å². The van der Waals surface area contributed by atoms with Gasteiger partial charge in [0.1, 0.15) is 11.6 Å². The third-order valence-corrected chi connectivity index (χ3v) is 2.50. The minimum atomic E-state index is -0.285. The van der Waals surface area contributed by atoms with E-state index in [0.29, 0.717) is 24.9 Å². The number of hydrogen-bond donors (Lipinski definition) is 2. The summed E-state index contributed by atoms with van der Waals surface area (Å²) in [5, 5.41) is 2.76. The van der Waals surface area contributed by atoms with Gasteiger partial charge in [0.05, 0.1) is 11.0 Å². The molecule has 0 unspecified atom stereocenters. The van der Waals surface area contributed by atoms with E-state index in [9.17, 15) is 9.18 Å². The fourth-order valence-corrected chi connectivity index (χ4v) is 1.60. The van der Waals surface area contributed by atoms with Crippen LogP contribution in [-0.4, -0.2) is 22.4 Å². The van der Waals surface area contributed by atoms with Gasteiger partial charge in [-0.15, -0.1) is 0 Å². The molecule has 90 valence electrons. The van der Waals surface area contributed by atoms with Gasteiger partial charge in [0, 0.05) is 19.4 Å². The number of amides is 1. The Hall–Kier alpha value is -1.91. The molecule has 1 heterocycles. The molecule has 0 atom stereocenters. The number of carbonyl (C=O) groups is 1. The van der Waals surface area contributed by atoms with E-state index in [1.807, 2.05) is 0 Å². The van der Waals surface area contributed by atoms with Gasteiger partial charge in [-0.1, -0.05) is 6.92 Å². The van der Waals surface area contributed by atoms with Gasteiger partial charge in [0.15, 0.2) is 0 Å². The number of carbonyl (C=O) groups excluding carboxylic acids is 1. The predicted molar refractivity (Wildman–Crippen MR) is 63.1 cm³/mol. The van der Waals surface area contributed by atoms with Crippen LogP contribution in [0.2, 0.25) is 0 Å². The van der Waals surface area contributed by atoms with E-state index in [1.54, 1.807) is 13.0 Å². The number of benzene rings is 1. The highest BCUT2D eigenvalue weighted by atomic mass is 19.1. The molecule has 5 heteroatoms. The molecule has 0 fully saturated rings. The molecular weight excluding hydrogens is 221 g/mol. The van der Waals surface area contributed by atoms with Gasteiger partial charge in [-0.05, 0) is 18.2 Å². The van der Waals surface area contributed by atoms with Crippen molar-refractivity contribution in [2.24, 2.45) is 0 Å². The second-order valence-electron chi connectivity index (χ2n) is 3.80. The Kier molecular flexibility index (Phi) is 3.37. The van der Waals surface area contributed by atoms with Crippen LogP contribution in [-0.2, 0) is 11.2 Å². The first kappa shape index (κ1) is 11.6. The Morgan fingerprint density at radius 1 is 1.53 bits per heavy atom. The monoisotopic (exact) mass is 235 g/mol. The Morgan fingerprint density at radius 2 is 2.35 bits per heavy atom. The summed E-state index contributed by atoms with van der Waals surface area (Å²) < 4.78 is 12.9. The summed E-state index contributed by atoms with van der Waals surface area (Å²) in [4.78, 5) is 18.4. The second-order valence-corrected chi connectivity index (χ2v) is 3.80. The zero-order valence-corrected chi connectivity index (χ0v) is 9.59. The first-order valence-electron chi connectivity index (χ1n) is 5.60. The second kappa shape index (κ2) is 4.95. The fourth-order valence-electron chi connectivity index (χ4n) is 1.60. The van der Waals surface area contributed by atoms with Crippen LogP contribution < -0.4 is 5.32 Å². The number of halogens is 1. The highest BCUT2D eigenvalue weighted by Crippen LogP contribution is 2.12. The summed E-state index contributed by atoms with van der Waals surface area (Å²) in [6.45, 7) is 2.34. The minimum Gasteiger partial charge on any atom is -0.356 e. The van der Waals surface area contributed by atoms with Crippen molar-refractivity contribution >= 4 is 16.9 Å². The molecular formula is C12H14FN3O.